The molecule has 3 saturated carbocycles. The minimum absolute atomic E-state index is 0.110. The molecule has 6 atom stereocenters. The SMILES string of the molecule is CC(=O)OC1C[C@@]23CCC4c5ccoc5C=C[C@@]4(C)C2CCC1C3. The highest BCUT2D eigenvalue weighted by Crippen LogP contribution is 2.69. The summed E-state index contributed by atoms with van der Waals surface area (Å²) >= 11 is 0. The first-order valence-electron chi connectivity index (χ1n) is 9.46. The third kappa shape index (κ3) is 1.81. The van der Waals surface area contributed by atoms with Crippen molar-refractivity contribution in [1.82, 2.24) is 0 Å². The van der Waals surface area contributed by atoms with Gasteiger partial charge in [-0.05, 0) is 79.3 Å². The molecule has 0 aliphatic heterocycles. The van der Waals surface area contributed by atoms with Crippen LogP contribution in [-0.2, 0) is 9.53 Å². The summed E-state index contributed by atoms with van der Waals surface area (Å²) in [4.78, 5) is 11.5. The molecule has 1 aromatic rings. The van der Waals surface area contributed by atoms with Gasteiger partial charge < -0.3 is 9.15 Å². The predicted octanol–water partition coefficient (Wildman–Crippen LogP) is 4.93. The molecule has 3 heteroatoms. The van der Waals surface area contributed by atoms with E-state index in [1.54, 1.807) is 6.92 Å². The number of carbonyl (C=O) groups is 1. The fourth-order valence-corrected chi connectivity index (χ4v) is 6.98. The van der Waals surface area contributed by atoms with Crippen LogP contribution in [0.15, 0.2) is 22.8 Å². The first kappa shape index (κ1) is 14.8. The van der Waals surface area contributed by atoms with Gasteiger partial charge in [0.2, 0.25) is 0 Å². The third-order valence-corrected chi connectivity index (χ3v) is 7.81. The molecule has 3 nitrogen and oxygen atoms in total. The van der Waals surface area contributed by atoms with Gasteiger partial charge in [-0.3, -0.25) is 4.79 Å². The summed E-state index contributed by atoms with van der Waals surface area (Å²) in [7, 11) is 0. The molecule has 0 amide bonds. The summed E-state index contributed by atoms with van der Waals surface area (Å²) in [5.74, 6) is 2.81. The maximum atomic E-state index is 11.5. The second-order valence-electron chi connectivity index (χ2n) is 8.84. The largest absolute Gasteiger partial charge is 0.465 e. The van der Waals surface area contributed by atoms with Gasteiger partial charge >= 0.3 is 5.97 Å². The highest BCUT2D eigenvalue weighted by Gasteiger charge is 2.62. The van der Waals surface area contributed by atoms with Gasteiger partial charge in [0.15, 0.2) is 0 Å². The van der Waals surface area contributed by atoms with E-state index in [1.807, 2.05) is 6.26 Å². The van der Waals surface area contributed by atoms with Gasteiger partial charge in [-0.2, -0.15) is 0 Å². The van der Waals surface area contributed by atoms with Gasteiger partial charge in [0.1, 0.15) is 11.9 Å². The van der Waals surface area contributed by atoms with E-state index in [2.05, 4.69) is 25.1 Å². The molecule has 4 aliphatic carbocycles. The van der Waals surface area contributed by atoms with Crippen LogP contribution < -0.4 is 0 Å². The Kier molecular flexibility index (Phi) is 2.94. The van der Waals surface area contributed by atoms with Crippen LogP contribution >= 0.6 is 0 Å². The van der Waals surface area contributed by atoms with Crippen molar-refractivity contribution in [2.75, 3.05) is 0 Å². The second kappa shape index (κ2) is 4.77. The Bertz CT molecular complexity index is 716. The molecule has 1 spiro atoms. The van der Waals surface area contributed by atoms with E-state index in [1.165, 1.54) is 37.7 Å². The number of ether oxygens (including phenoxy) is 1. The Morgan fingerprint density at radius 2 is 2.17 bits per heavy atom. The summed E-state index contributed by atoms with van der Waals surface area (Å²) in [6, 6.07) is 2.18. The summed E-state index contributed by atoms with van der Waals surface area (Å²) in [6.07, 6.45) is 13.9. The van der Waals surface area contributed by atoms with E-state index >= 15 is 0 Å². The summed E-state index contributed by atoms with van der Waals surface area (Å²) < 4.78 is 11.4. The van der Waals surface area contributed by atoms with Crippen molar-refractivity contribution in [1.29, 1.82) is 0 Å². The summed E-state index contributed by atoms with van der Waals surface area (Å²) in [5.41, 5.74) is 2.00. The zero-order valence-electron chi connectivity index (χ0n) is 14.6. The van der Waals surface area contributed by atoms with E-state index in [9.17, 15) is 4.79 Å². The zero-order valence-corrected chi connectivity index (χ0v) is 14.6. The van der Waals surface area contributed by atoms with Gasteiger partial charge in [0.25, 0.3) is 0 Å². The van der Waals surface area contributed by atoms with Crippen LogP contribution in [0.25, 0.3) is 6.08 Å². The lowest BCUT2D eigenvalue weighted by Gasteiger charge is -2.57. The van der Waals surface area contributed by atoms with E-state index in [4.69, 9.17) is 9.15 Å². The number of rotatable bonds is 1. The van der Waals surface area contributed by atoms with Gasteiger partial charge in [0, 0.05) is 12.5 Å². The van der Waals surface area contributed by atoms with Gasteiger partial charge in [-0.1, -0.05) is 13.0 Å². The normalized spacial score (nSPS) is 45.2. The highest BCUT2D eigenvalue weighted by atomic mass is 16.5. The van der Waals surface area contributed by atoms with Crippen molar-refractivity contribution < 1.29 is 13.9 Å². The van der Waals surface area contributed by atoms with Crippen LogP contribution in [0.1, 0.15) is 69.6 Å². The first-order valence-corrected chi connectivity index (χ1v) is 9.46. The smallest absolute Gasteiger partial charge is 0.302 e. The molecule has 0 N–H and O–H groups in total. The van der Waals surface area contributed by atoms with E-state index in [-0.39, 0.29) is 17.5 Å². The molecule has 24 heavy (non-hydrogen) atoms. The summed E-state index contributed by atoms with van der Waals surface area (Å²) in [6.45, 7) is 4.02. The summed E-state index contributed by atoms with van der Waals surface area (Å²) in [5, 5.41) is 0. The zero-order chi connectivity index (χ0) is 16.5. The van der Waals surface area contributed by atoms with Crippen LogP contribution in [0.4, 0.5) is 0 Å². The number of carbonyl (C=O) groups excluding carboxylic acids is 1. The predicted molar refractivity (Wildman–Crippen MR) is 91.3 cm³/mol. The average molecular weight is 326 g/mol. The topological polar surface area (TPSA) is 39.4 Å². The number of fused-ring (bicyclic) bond motifs is 5. The number of hydrogen-bond donors (Lipinski definition) is 0. The number of furan rings is 1. The molecule has 5 rings (SSSR count). The van der Waals surface area contributed by atoms with Crippen LogP contribution in [0.2, 0.25) is 0 Å². The lowest BCUT2D eigenvalue weighted by atomic mass is 9.46. The van der Waals surface area contributed by atoms with Crippen LogP contribution in [0, 0.1) is 22.7 Å². The standard InChI is InChI=1S/C21H26O3/c1-13(22)24-18-12-21-9-5-16-15-7-10-23-17(15)6-8-20(16,2)19(21)4-3-14(18)11-21/h6-8,10,14,16,18-19H,3-5,9,11-12H2,1-2H3/t14?,16?,18?,19?,20-,21+/m1/s1. The Balaban J connectivity index is 1.51. The van der Waals surface area contributed by atoms with Crippen molar-refractivity contribution in [3.8, 4) is 0 Å². The van der Waals surface area contributed by atoms with Gasteiger partial charge in [0.05, 0.1) is 6.26 Å². The minimum Gasteiger partial charge on any atom is -0.465 e. The minimum atomic E-state index is -0.110. The molecule has 4 aliphatic rings. The van der Waals surface area contributed by atoms with Crippen molar-refractivity contribution >= 4 is 12.0 Å². The molecule has 0 aromatic carbocycles. The molecular formula is C21H26O3. The molecule has 1 heterocycles. The number of hydrogen-bond acceptors (Lipinski definition) is 3. The molecule has 128 valence electrons. The van der Waals surface area contributed by atoms with E-state index < -0.39 is 0 Å². The Hall–Kier alpha value is -1.51. The third-order valence-electron chi connectivity index (χ3n) is 7.81. The molecule has 1 aromatic heterocycles. The second-order valence-corrected chi connectivity index (χ2v) is 8.84. The van der Waals surface area contributed by atoms with Crippen LogP contribution in [0.3, 0.4) is 0 Å². The van der Waals surface area contributed by atoms with Crippen molar-refractivity contribution in [3.05, 3.63) is 29.7 Å². The van der Waals surface area contributed by atoms with Crippen molar-refractivity contribution in [2.24, 2.45) is 22.7 Å². The van der Waals surface area contributed by atoms with Crippen LogP contribution in [0.5, 0.6) is 0 Å². The first-order chi connectivity index (χ1) is 11.5. The Morgan fingerprint density at radius 1 is 1.29 bits per heavy atom. The molecular weight excluding hydrogens is 300 g/mol. The fraction of sp³-hybridized carbons (Fsp3) is 0.667. The Morgan fingerprint density at radius 3 is 3.00 bits per heavy atom. The molecule has 0 radical (unpaired) electrons. The van der Waals surface area contributed by atoms with Crippen molar-refractivity contribution in [2.45, 2.75) is 64.4 Å². The molecule has 4 unspecified atom stereocenters. The maximum absolute atomic E-state index is 11.5. The quantitative estimate of drug-likeness (QED) is 0.687. The molecule has 0 saturated heterocycles. The van der Waals surface area contributed by atoms with E-state index in [0.29, 0.717) is 23.2 Å². The lowest BCUT2D eigenvalue weighted by molar-refractivity contribution is -0.148. The van der Waals surface area contributed by atoms with Gasteiger partial charge in [-0.25, -0.2) is 0 Å². The van der Waals surface area contributed by atoms with Crippen molar-refractivity contribution in [3.63, 3.8) is 0 Å². The number of allylic oxidation sites excluding steroid dienone is 1. The molecule has 3 fully saturated rings. The van der Waals surface area contributed by atoms with E-state index in [0.717, 1.165) is 12.2 Å². The average Bonchev–Trinajstić information content (AvgIpc) is 3.09. The monoisotopic (exact) mass is 326 g/mol. The lowest BCUT2D eigenvalue weighted by Crippen LogP contribution is -2.49. The highest BCUT2D eigenvalue weighted by molar-refractivity contribution is 5.66. The fourth-order valence-electron chi connectivity index (χ4n) is 6.98. The molecule has 2 bridgehead atoms. The van der Waals surface area contributed by atoms with Gasteiger partial charge in [-0.15, -0.1) is 0 Å². The Labute approximate surface area is 143 Å². The maximum Gasteiger partial charge on any atom is 0.302 e. The van der Waals surface area contributed by atoms with Crippen LogP contribution in [-0.4, -0.2) is 12.1 Å². The number of esters is 1.